The molecule has 6 nitrogen and oxygen atoms in total. The van der Waals surface area contributed by atoms with Gasteiger partial charge in [-0.05, 0) is 56.2 Å². The standard InChI is InChI=1S/C23H28BrN3O3/c1-15-13-27(14-16(2)30-15)22(28)19-9-7-18(8-10-19)12-25-23(29)26-17(3)20-5-4-6-21(24)11-20/h4-11,15-17H,12-14H2,1-3H3,(H2,25,26,29). The van der Waals surface area contributed by atoms with Crippen LogP contribution in [0, 0.1) is 0 Å². The predicted molar refractivity (Wildman–Crippen MR) is 120 cm³/mol. The van der Waals surface area contributed by atoms with E-state index in [1.54, 1.807) is 0 Å². The third kappa shape index (κ3) is 6.06. The van der Waals surface area contributed by atoms with E-state index in [1.807, 2.05) is 74.2 Å². The second-order valence-corrected chi connectivity index (χ2v) is 8.68. The number of benzene rings is 2. The summed E-state index contributed by atoms with van der Waals surface area (Å²) in [5.74, 6) is 0.0112. The summed E-state index contributed by atoms with van der Waals surface area (Å²) < 4.78 is 6.67. The summed E-state index contributed by atoms with van der Waals surface area (Å²) in [6.07, 6.45) is 0.0816. The Morgan fingerprint density at radius 1 is 1.13 bits per heavy atom. The fourth-order valence-corrected chi connectivity index (χ4v) is 4.00. The summed E-state index contributed by atoms with van der Waals surface area (Å²) >= 11 is 3.44. The lowest BCUT2D eigenvalue weighted by molar-refractivity contribution is -0.0586. The molecule has 3 rings (SSSR count). The smallest absolute Gasteiger partial charge is 0.315 e. The van der Waals surface area contributed by atoms with Gasteiger partial charge >= 0.3 is 6.03 Å². The zero-order chi connectivity index (χ0) is 21.7. The van der Waals surface area contributed by atoms with Crippen molar-refractivity contribution in [1.82, 2.24) is 15.5 Å². The van der Waals surface area contributed by atoms with Gasteiger partial charge in [-0.3, -0.25) is 4.79 Å². The third-order valence-corrected chi connectivity index (χ3v) is 5.55. The van der Waals surface area contributed by atoms with Gasteiger partial charge in [0.1, 0.15) is 0 Å². The SMILES string of the molecule is CC1CN(C(=O)c2ccc(CNC(=O)NC(C)c3cccc(Br)c3)cc2)CC(C)O1. The number of rotatable bonds is 5. The molecule has 0 bridgehead atoms. The van der Waals surface area contributed by atoms with E-state index >= 15 is 0 Å². The molecule has 160 valence electrons. The summed E-state index contributed by atoms with van der Waals surface area (Å²) in [6, 6.07) is 14.9. The molecule has 0 saturated carbocycles. The summed E-state index contributed by atoms with van der Waals surface area (Å²) in [6.45, 7) is 7.48. The number of ether oxygens (including phenoxy) is 1. The van der Waals surface area contributed by atoms with Crippen LogP contribution in [0.15, 0.2) is 53.0 Å². The summed E-state index contributed by atoms with van der Waals surface area (Å²) in [4.78, 5) is 26.8. The molecule has 2 aromatic carbocycles. The number of urea groups is 1. The number of hydrogen-bond acceptors (Lipinski definition) is 3. The maximum Gasteiger partial charge on any atom is 0.315 e. The van der Waals surface area contributed by atoms with Crippen molar-refractivity contribution in [1.29, 1.82) is 0 Å². The molecule has 30 heavy (non-hydrogen) atoms. The van der Waals surface area contributed by atoms with Crippen molar-refractivity contribution in [2.75, 3.05) is 13.1 Å². The largest absolute Gasteiger partial charge is 0.372 e. The molecule has 1 heterocycles. The lowest BCUT2D eigenvalue weighted by Gasteiger charge is -2.35. The first kappa shape index (κ1) is 22.3. The van der Waals surface area contributed by atoms with Crippen LogP contribution in [0.3, 0.4) is 0 Å². The molecule has 0 radical (unpaired) electrons. The minimum Gasteiger partial charge on any atom is -0.372 e. The van der Waals surface area contributed by atoms with Gasteiger partial charge in [0.25, 0.3) is 5.91 Å². The maximum absolute atomic E-state index is 12.7. The molecule has 7 heteroatoms. The lowest BCUT2D eigenvalue weighted by Crippen LogP contribution is -2.48. The molecule has 1 saturated heterocycles. The fourth-order valence-electron chi connectivity index (χ4n) is 3.58. The van der Waals surface area contributed by atoms with Crippen LogP contribution in [-0.2, 0) is 11.3 Å². The first-order valence-electron chi connectivity index (χ1n) is 10.2. The van der Waals surface area contributed by atoms with E-state index < -0.39 is 0 Å². The molecule has 3 amide bonds. The van der Waals surface area contributed by atoms with Gasteiger partial charge in [0, 0.05) is 29.7 Å². The highest BCUT2D eigenvalue weighted by Crippen LogP contribution is 2.18. The van der Waals surface area contributed by atoms with Crippen molar-refractivity contribution in [3.8, 4) is 0 Å². The molecule has 3 atom stereocenters. The van der Waals surface area contributed by atoms with Gasteiger partial charge in [0.15, 0.2) is 0 Å². The minimum atomic E-state index is -0.237. The highest BCUT2D eigenvalue weighted by Gasteiger charge is 2.26. The van der Waals surface area contributed by atoms with E-state index in [9.17, 15) is 9.59 Å². The highest BCUT2D eigenvalue weighted by molar-refractivity contribution is 9.10. The fraction of sp³-hybridized carbons (Fsp3) is 0.391. The Labute approximate surface area is 186 Å². The van der Waals surface area contributed by atoms with Crippen LogP contribution in [0.1, 0.15) is 48.3 Å². The van der Waals surface area contributed by atoms with Crippen molar-refractivity contribution >= 4 is 27.9 Å². The van der Waals surface area contributed by atoms with Crippen molar-refractivity contribution in [2.45, 2.75) is 45.6 Å². The van der Waals surface area contributed by atoms with E-state index in [0.717, 1.165) is 15.6 Å². The summed E-state index contributed by atoms with van der Waals surface area (Å²) in [5.41, 5.74) is 2.60. The van der Waals surface area contributed by atoms with Crippen LogP contribution in [0.2, 0.25) is 0 Å². The van der Waals surface area contributed by atoms with E-state index in [4.69, 9.17) is 4.74 Å². The minimum absolute atomic E-state index is 0.0112. The normalized spacial score (nSPS) is 19.8. The lowest BCUT2D eigenvalue weighted by atomic mass is 10.1. The van der Waals surface area contributed by atoms with Gasteiger partial charge < -0.3 is 20.3 Å². The Morgan fingerprint density at radius 3 is 2.43 bits per heavy atom. The van der Waals surface area contributed by atoms with Crippen molar-refractivity contribution in [2.24, 2.45) is 0 Å². The number of nitrogens with one attached hydrogen (secondary N) is 2. The van der Waals surface area contributed by atoms with Crippen LogP contribution >= 0.6 is 15.9 Å². The van der Waals surface area contributed by atoms with Crippen LogP contribution in [0.5, 0.6) is 0 Å². The average molecular weight is 474 g/mol. The first-order valence-corrected chi connectivity index (χ1v) is 10.9. The number of morpholine rings is 1. The molecule has 2 aromatic rings. The Hall–Kier alpha value is -2.38. The zero-order valence-corrected chi connectivity index (χ0v) is 19.1. The molecule has 1 aliphatic heterocycles. The molecular weight excluding hydrogens is 446 g/mol. The molecular formula is C23H28BrN3O3. The van der Waals surface area contributed by atoms with E-state index in [2.05, 4.69) is 26.6 Å². The Kier molecular flexibility index (Phi) is 7.50. The third-order valence-electron chi connectivity index (χ3n) is 5.06. The Balaban J connectivity index is 1.50. The first-order chi connectivity index (χ1) is 14.3. The predicted octanol–water partition coefficient (Wildman–Crippen LogP) is 4.26. The number of amides is 3. The zero-order valence-electron chi connectivity index (χ0n) is 17.5. The number of nitrogens with zero attached hydrogens (tertiary/aromatic N) is 1. The topological polar surface area (TPSA) is 70.7 Å². The summed E-state index contributed by atoms with van der Waals surface area (Å²) in [7, 11) is 0. The molecule has 2 N–H and O–H groups in total. The van der Waals surface area contributed by atoms with E-state index in [-0.39, 0.29) is 30.2 Å². The molecule has 1 aliphatic rings. The molecule has 0 spiro atoms. The highest BCUT2D eigenvalue weighted by atomic mass is 79.9. The van der Waals surface area contributed by atoms with Crippen molar-refractivity contribution < 1.29 is 14.3 Å². The van der Waals surface area contributed by atoms with Gasteiger partial charge in [-0.1, -0.05) is 40.2 Å². The quantitative estimate of drug-likeness (QED) is 0.681. The van der Waals surface area contributed by atoms with Gasteiger partial charge in [-0.25, -0.2) is 4.79 Å². The van der Waals surface area contributed by atoms with E-state index in [0.29, 0.717) is 25.2 Å². The number of hydrogen-bond donors (Lipinski definition) is 2. The number of carbonyl (C=O) groups excluding carboxylic acids is 2. The molecule has 3 unspecified atom stereocenters. The average Bonchev–Trinajstić information content (AvgIpc) is 2.71. The second-order valence-electron chi connectivity index (χ2n) is 7.77. The van der Waals surface area contributed by atoms with Crippen LogP contribution in [0.4, 0.5) is 4.79 Å². The molecule has 1 fully saturated rings. The van der Waals surface area contributed by atoms with Crippen LogP contribution in [-0.4, -0.2) is 42.1 Å². The maximum atomic E-state index is 12.7. The van der Waals surface area contributed by atoms with Gasteiger partial charge in [-0.15, -0.1) is 0 Å². The van der Waals surface area contributed by atoms with Crippen LogP contribution < -0.4 is 10.6 Å². The number of carbonyl (C=O) groups is 2. The summed E-state index contributed by atoms with van der Waals surface area (Å²) in [5, 5.41) is 5.80. The molecule has 0 aliphatic carbocycles. The van der Waals surface area contributed by atoms with Gasteiger partial charge in [0.05, 0.1) is 18.2 Å². The molecule has 0 aromatic heterocycles. The van der Waals surface area contributed by atoms with Gasteiger partial charge in [-0.2, -0.15) is 0 Å². The Morgan fingerprint density at radius 2 is 1.80 bits per heavy atom. The number of halogens is 1. The second kappa shape index (κ2) is 10.1. The van der Waals surface area contributed by atoms with Crippen molar-refractivity contribution in [3.05, 3.63) is 69.7 Å². The van der Waals surface area contributed by atoms with E-state index in [1.165, 1.54) is 0 Å². The Bertz CT molecular complexity index is 878. The monoisotopic (exact) mass is 473 g/mol. The van der Waals surface area contributed by atoms with Crippen molar-refractivity contribution in [3.63, 3.8) is 0 Å². The van der Waals surface area contributed by atoms with Gasteiger partial charge in [0.2, 0.25) is 0 Å². The van der Waals surface area contributed by atoms with Crippen LogP contribution in [0.25, 0.3) is 0 Å².